The molecule has 0 saturated carbocycles. The summed E-state index contributed by atoms with van der Waals surface area (Å²) in [7, 11) is 2.02. The first-order valence-electron chi connectivity index (χ1n) is 13.6. The van der Waals surface area contributed by atoms with Crippen molar-refractivity contribution in [3.05, 3.63) is 95.1 Å². The summed E-state index contributed by atoms with van der Waals surface area (Å²) in [5.41, 5.74) is 6.38. The van der Waals surface area contributed by atoms with Gasteiger partial charge in [0.1, 0.15) is 5.75 Å². The van der Waals surface area contributed by atoms with Gasteiger partial charge < -0.3 is 19.4 Å². The van der Waals surface area contributed by atoms with Crippen LogP contribution in [0.3, 0.4) is 0 Å². The zero-order valence-corrected chi connectivity index (χ0v) is 23.7. The van der Waals surface area contributed by atoms with Gasteiger partial charge >= 0.3 is 0 Å². The monoisotopic (exact) mass is 541 g/mol. The second-order valence-corrected chi connectivity index (χ2v) is 10.4. The largest absolute Gasteiger partial charge is 0.493 e. The number of piperazine rings is 1. The lowest BCUT2D eigenvalue weighted by molar-refractivity contribution is 0.271. The van der Waals surface area contributed by atoms with Crippen molar-refractivity contribution in [2.45, 2.75) is 20.3 Å². The molecule has 0 unspecified atom stereocenters. The van der Waals surface area contributed by atoms with Gasteiger partial charge in [-0.1, -0.05) is 30.7 Å². The van der Waals surface area contributed by atoms with Crippen molar-refractivity contribution in [2.24, 2.45) is 0 Å². The molecule has 0 N–H and O–H groups in total. The van der Waals surface area contributed by atoms with Crippen LogP contribution in [-0.2, 0) is 6.42 Å². The summed E-state index contributed by atoms with van der Waals surface area (Å²) in [6, 6.07) is 26.7. The highest BCUT2D eigenvalue weighted by molar-refractivity contribution is 6.30. The van der Waals surface area contributed by atoms with E-state index in [9.17, 15) is 0 Å². The van der Waals surface area contributed by atoms with Crippen LogP contribution in [0.15, 0.2) is 78.9 Å². The second-order valence-electron chi connectivity index (χ2n) is 9.94. The van der Waals surface area contributed by atoms with Gasteiger partial charge in [0.25, 0.3) is 0 Å². The van der Waals surface area contributed by atoms with Crippen molar-refractivity contribution < 1.29 is 4.74 Å². The van der Waals surface area contributed by atoms with Gasteiger partial charge in [0, 0.05) is 67.3 Å². The average molecular weight is 542 g/mol. The number of aryl methyl sites for hydroxylation is 1. The lowest BCUT2D eigenvalue weighted by Gasteiger charge is -2.35. The number of ether oxygens (including phenoxy) is 1. The van der Waals surface area contributed by atoms with Crippen molar-refractivity contribution in [1.82, 2.24) is 14.9 Å². The van der Waals surface area contributed by atoms with Gasteiger partial charge in [-0.2, -0.15) is 0 Å². The molecule has 1 fully saturated rings. The van der Waals surface area contributed by atoms with E-state index in [0.29, 0.717) is 12.6 Å². The van der Waals surface area contributed by atoms with Crippen LogP contribution in [0.1, 0.15) is 18.2 Å². The van der Waals surface area contributed by atoms with Gasteiger partial charge in [0.05, 0.1) is 12.3 Å². The molecule has 1 aromatic heterocycles. The summed E-state index contributed by atoms with van der Waals surface area (Å²) in [6.07, 6.45) is 0.830. The molecule has 2 heterocycles. The van der Waals surface area contributed by atoms with E-state index in [0.717, 1.165) is 72.6 Å². The molecular formula is C32H36ClN5O. The Morgan fingerprint density at radius 1 is 0.872 bits per heavy atom. The van der Waals surface area contributed by atoms with E-state index >= 15 is 0 Å². The zero-order valence-electron chi connectivity index (χ0n) is 23.0. The highest BCUT2D eigenvalue weighted by Gasteiger charge is 2.17. The summed E-state index contributed by atoms with van der Waals surface area (Å²) in [4.78, 5) is 16.6. The van der Waals surface area contributed by atoms with E-state index in [-0.39, 0.29) is 0 Å². The highest BCUT2D eigenvalue weighted by atomic mass is 35.5. The molecule has 202 valence electrons. The number of likely N-dealkylation sites (N-methyl/N-ethyl adjacent to an activating group) is 1. The first-order valence-corrected chi connectivity index (χ1v) is 14.0. The van der Waals surface area contributed by atoms with Crippen LogP contribution < -0.4 is 14.5 Å². The molecule has 7 heteroatoms. The third-order valence-electron chi connectivity index (χ3n) is 7.29. The Hall–Kier alpha value is -3.61. The maximum Gasteiger partial charge on any atom is 0.230 e. The number of halogens is 1. The van der Waals surface area contributed by atoms with E-state index in [4.69, 9.17) is 26.3 Å². The summed E-state index contributed by atoms with van der Waals surface area (Å²) >= 11 is 5.97. The molecular weight excluding hydrogens is 506 g/mol. The van der Waals surface area contributed by atoms with Gasteiger partial charge in [-0.15, -0.1) is 0 Å². The predicted molar refractivity (Wildman–Crippen MR) is 162 cm³/mol. The minimum atomic E-state index is 0.607. The van der Waals surface area contributed by atoms with Crippen LogP contribution in [0, 0.1) is 6.92 Å². The van der Waals surface area contributed by atoms with Gasteiger partial charge in [-0.3, -0.25) is 0 Å². The van der Waals surface area contributed by atoms with Crippen molar-refractivity contribution in [2.75, 3.05) is 56.2 Å². The molecule has 0 spiro atoms. The number of hydrogen-bond donors (Lipinski definition) is 0. The molecule has 1 saturated heterocycles. The van der Waals surface area contributed by atoms with Gasteiger partial charge in [-0.25, -0.2) is 9.97 Å². The zero-order chi connectivity index (χ0) is 27.2. The fraction of sp³-hybridized carbons (Fsp3) is 0.312. The van der Waals surface area contributed by atoms with E-state index in [1.54, 1.807) is 0 Å². The summed E-state index contributed by atoms with van der Waals surface area (Å²) < 4.78 is 5.96. The molecule has 39 heavy (non-hydrogen) atoms. The van der Waals surface area contributed by atoms with Crippen LogP contribution >= 0.6 is 11.6 Å². The molecule has 1 aliphatic rings. The third-order valence-corrected chi connectivity index (χ3v) is 7.54. The molecule has 5 rings (SSSR count). The van der Waals surface area contributed by atoms with Crippen LogP contribution in [-0.4, -0.2) is 61.2 Å². The SMILES string of the molecule is CCN1CCN(c2ccc(N(C)c3nc(C)cc(-c4ccc(OCCc5ccc(Cl)cc5)cc4)n3)cc2)CC1. The van der Waals surface area contributed by atoms with E-state index in [1.165, 1.54) is 11.3 Å². The van der Waals surface area contributed by atoms with Crippen molar-refractivity contribution >= 4 is 28.9 Å². The topological polar surface area (TPSA) is 44.7 Å². The Balaban J connectivity index is 1.23. The normalized spacial score (nSPS) is 13.9. The standard InChI is InChI=1S/C32H36ClN5O/c1-4-37-18-20-38(21-19-37)29-13-11-28(12-14-29)36(3)32-34-24(2)23-31(35-32)26-7-15-30(16-8-26)39-22-17-25-5-9-27(33)10-6-25/h5-16,23H,4,17-22H2,1-3H3. The van der Waals surface area contributed by atoms with Crippen LogP contribution in [0.2, 0.25) is 5.02 Å². The van der Waals surface area contributed by atoms with Gasteiger partial charge in [0.2, 0.25) is 5.95 Å². The van der Waals surface area contributed by atoms with Crippen LogP contribution in [0.4, 0.5) is 17.3 Å². The third kappa shape index (κ3) is 6.88. The molecule has 0 aliphatic carbocycles. The quantitative estimate of drug-likeness (QED) is 0.237. The van der Waals surface area contributed by atoms with Gasteiger partial charge in [0.15, 0.2) is 0 Å². The molecule has 0 amide bonds. The summed E-state index contributed by atoms with van der Waals surface area (Å²) in [5, 5.41) is 0.749. The number of hydrogen-bond acceptors (Lipinski definition) is 6. The molecule has 0 radical (unpaired) electrons. The fourth-order valence-electron chi connectivity index (χ4n) is 4.84. The van der Waals surface area contributed by atoms with E-state index in [2.05, 4.69) is 53.1 Å². The number of rotatable bonds is 9. The smallest absolute Gasteiger partial charge is 0.230 e. The molecule has 0 bridgehead atoms. The molecule has 6 nitrogen and oxygen atoms in total. The van der Waals surface area contributed by atoms with Crippen LogP contribution in [0.5, 0.6) is 5.75 Å². The van der Waals surface area contributed by atoms with Crippen LogP contribution in [0.25, 0.3) is 11.3 Å². The average Bonchev–Trinajstić information content (AvgIpc) is 2.98. The second kappa shape index (κ2) is 12.5. The highest BCUT2D eigenvalue weighted by Crippen LogP contribution is 2.28. The summed E-state index contributed by atoms with van der Waals surface area (Å²) in [5.74, 6) is 1.52. The predicted octanol–water partition coefficient (Wildman–Crippen LogP) is 6.64. The van der Waals surface area contributed by atoms with Crippen molar-refractivity contribution in [1.29, 1.82) is 0 Å². The molecule has 0 atom stereocenters. The maximum absolute atomic E-state index is 5.97. The maximum atomic E-state index is 5.97. The minimum Gasteiger partial charge on any atom is -0.493 e. The van der Waals surface area contributed by atoms with E-state index in [1.807, 2.05) is 61.3 Å². The number of anilines is 3. The van der Waals surface area contributed by atoms with Crippen molar-refractivity contribution in [3.8, 4) is 17.0 Å². The Morgan fingerprint density at radius 3 is 2.23 bits per heavy atom. The van der Waals surface area contributed by atoms with Crippen molar-refractivity contribution in [3.63, 3.8) is 0 Å². The molecule has 1 aliphatic heterocycles. The Kier molecular flexibility index (Phi) is 8.64. The van der Waals surface area contributed by atoms with E-state index < -0.39 is 0 Å². The number of nitrogens with zero attached hydrogens (tertiary/aromatic N) is 5. The number of aromatic nitrogens is 2. The lowest BCUT2D eigenvalue weighted by Crippen LogP contribution is -2.46. The molecule has 3 aromatic carbocycles. The Bertz CT molecular complexity index is 1350. The first-order chi connectivity index (χ1) is 19.0. The fourth-order valence-corrected chi connectivity index (χ4v) is 4.96. The minimum absolute atomic E-state index is 0.607. The number of benzene rings is 3. The van der Waals surface area contributed by atoms with Gasteiger partial charge in [-0.05, 0) is 85.8 Å². The Morgan fingerprint density at radius 2 is 1.56 bits per heavy atom. The Labute approximate surface area is 236 Å². The molecule has 4 aromatic rings. The summed E-state index contributed by atoms with van der Waals surface area (Å²) in [6.45, 7) is 10.3. The lowest BCUT2D eigenvalue weighted by atomic mass is 10.1. The first kappa shape index (κ1) is 27.0.